The molecule has 0 aromatic rings. The molecule has 1 aliphatic rings. The van der Waals surface area contributed by atoms with Gasteiger partial charge in [0.15, 0.2) is 0 Å². The predicted octanol–water partition coefficient (Wildman–Crippen LogP) is 3.55. The lowest BCUT2D eigenvalue weighted by Crippen LogP contribution is -2.28. The Morgan fingerprint density at radius 1 is 1.50 bits per heavy atom. The van der Waals surface area contributed by atoms with Gasteiger partial charge in [0.1, 0.15) is 0 Å². The fourth-order valence-corrected chi connectivity index (χ4v) is 2.64. The van der Waals surface area contributed by atoms with Crippen molar-refractivity contribution < 1.29 is 4.74 Å². The van der Waals surface area contributed by atoms with Gasteiger partial charge in [0.2, 0.25) is 0 Å². The van der Waals surface area contributed by atoms with Crippen LogP contribution in [0.25, 0.3) is 0 Å². The van der Waals surface area contributed by atoms with Crippen molar-refractivity contribution in [1.82, 2.24) is 0 Å². The Hall–Kier alpha value is 0.690. The van der Waals surface area contributed by atoms with E-state index < -0.39 is 0 Å². The van der Waals surface area contributed by atoms with E-state index in [1.165, 1.54) is 38.5 Å². The summed E-state index contributed by atoms with van der Waals surface area (Å²) in [7, 11) is 0. The van der Waals surface area contributed by atoms with E-state index in [0.717, 1.165) is 10.5 Å². The first-order valence-corrected chi connectivity index (χ1v) is 6.35. The second kappa shape index (κ2) is 6.19. The van der Waals surface area contributed by atoms with Gasteiger partial charge >= 0.3 is 0 Å². The summed E-state index contributed by atoms with van der Waals surface area (Å²) in [6.45, 7) is 3.25. The van der Waals surface area contributed by atoms with Crippen molar-refractivity contribution in [3.05, 3.63) is 0 Å². The summed E-state index contributed by atoms with van der Waals surface area (Å²) in [6, 6.07) is 0. The smallest absolute Gasteiger partial charge is 0.0692 e. The fourth-order valence-electron chi connectivity index (χ4n) is 1.64. The molecule has 1 aliphatic heterocycles. The molecule has 12 heavy (non-hydrogen) atoms. The molecule has 0 aromatic heterocycles. The summed E-state index contributed by atoms with van der Waals surface area (Å²) in [4.78, 5) is 0. The van der Waals surface area contributed by atoms with E-state index >= 15 is 0 Å². The van der Waals surface area contributed by atoms with Gasteiger partial charge < -0.3 is 4.74 Å². The Morgan fingerprint density at radius 3 is 2.92 bits per heavy atom. The third-order valence-electron chi connectivity index (χ3n) is 2.45. The van der Waals surface area contributed by atoms with Gasteiger partial charge in [0.25, 0.3) is 0 Å². The van der Waals surface area contributed by atoms with Gasteiger partial charge in [0.05, 0.1) is 6.10 Å². The van der Waals surface area contributed by atoms with E-state index in [9.17, 15) is 0 Å². The summed E-state index contributed by atoms with van der Waals surface area (Å²) in [5.74, 6) is 0. The molecule has 1 nitrogen and oxygen atoms in total. The number of ether oxygens (including phenoxy) is 1. The maximum Gasteiger partial charge on any atom is 0.0692 e. The van der Waals surface area contributed by atoms with Crippen LogP contribution >= 0.6 is 22.6 Å². The van der Waals surface area contributed by atoms with Gasteiger partial charge in [-0.3, -0.25) is 0 Å². The summed E-state index contributed by atoms with van der Waals surface area (Å²) in [6.07, 6.45) is 8.49. The van der Waals surface area contributed by atoms with Crippen molar-refractivity contribution >= 4 is 22.6 Å². The number of rotatable bonds is 4. The van der Waals surface area contributed by atoms with Gasteiger partial charge in [-0.1, -0.05) is 42.4 Å². The molecular formula is C10H19IO. The first-order valence-electron chi connectivity index (χ1n) is 5.10. The monoisotopic (exact) mass is 282 g/mol. The average Bonchev–Trinajstić information content (AvgIpc) is 2.15. The second-order valence-electron chi connectivity index (χ2n) is 3.56. The van der Waals surface area contributed by atoms with Crippen molar-refractivity contribution in [1.29, 1.82) is 0 Å². The van der Waals surface area contributed by atoms with Gasteiger partial charge in [-0.05, 0) is 25.7 Å². The normalized spacial score (nSPS) is 27.0. The zero-order chi connectivity index (χ0) is 8.81. The molecule has 1 fully saturated rings. The minimum absolute atomic E-state index is 0.561. The molecule has 0 saturated carbocycles. The molecule has 1 heterocycles. The van der Waals surface area contributed by atoms with E-state index in [1.54, 1.807) is 0 Å². The maximum absolute atomic E-state index is 5.73. The number of hydrogen-bond donors (Lipinski definition) is 0. The zero-order valence-electron chi connectivity index (χ0n) is 7.89. The molecule has 0 aliphatic carbocycles. The number of halogens is 1. The van der Waals surface area contributed by atoms with Crippen LogP contribution in [0.1, 0.15) is 45.4 Å². The van der Waals surface area contributed by atoms with E-state index in [1.807, 2.05) is 0 Å². The summed E-state index contributed by atoms with van der Waals surface area (Å²) in [5, 5.41) is 0. The van der Waals surface area contributed by atoms with Gasteiger partial charge in [-0.2, -0.15) is 0 Å². The summed E-state index contributed by atoms with van der Waals surface area (Å²) >= 11 is 2.56. The Kier molecular flexibility index (Phi) is 5.56. The molecule has 72 valence electrons. The Balaban J connectivity index is 2.15. The molecule has 0 bridgehead atoms. The Bertz CT molecular complexity index is 110. The lowest BCUT2D eigenvalue weighted by molar-refractivity contribution is 0.0166. The zero-order valence-corrected chi connectivity index (χ0v) is 10.0. The van der Waals surface area contributed by atoms with Crippen molar-refractivity contribution in [2.45, 2.75) is 55.5 Å². The van der Waals surface area contributed by atoms with Crippen LogP contribution in [0.5, 0.6) is 0 Å². The number of unbranched alkanes of at least 4 members (excludes halogenated alkanes) is 1. The molecule has 2 heteroatoms. The topological polar surface area (TPSA) is 9.23 Å². The van der Waals surface area contributed by atoms with Crippen LogP contribution in [0.4, 0.5) is 0 Å². The number of hydrogen-bond acceptors (Lipinski definition) is 1. The Labute approximate surface area is 89.4 Å². The minimum Gasteiger partial charge on any atom is -0.377 e. The van der Waals surface area contributed by atoms with Crippen molar-refractivity contribution in [3.8, 4) is 0 Å². The maximum atomic E-state index is 5.73. The van der Waals surface area contributed by atoms with Crippen LogP contribution in [-0.2, 0) is 4.74 Å². The first kappa shape index (κ1) is 10.8. The minimum atomic E-state index is 0.561. The highest BCUT2D eigenvalue weighted by Gasteiger charge is 2.21. The average molecular weight is 282 g/mol. The SMILES string of the molecule is CCCC[C@H](I)[C@H]1CCCCO1. The highest BCUT2D eigenvalue weighted by atomic mass is 127. The third-order valence-corrected chi connectivity index (χ3v) is 3.88. The van der Waals surface area contributed by atoms with Crippen LogP contribution in [0.3, 0.4) is 0 Å². The molecule has 0 aromatic carbocycles. The van der Waals surface area contributed by atoms with E-state index in [-0.39, 0.29) is 0 Å². The first-order chi connectivity index (χ1) is 5.84. The van der Waals surface area contributed by atoms with Crippen LogP contribution in [0, 0.1) is 0 Å². The molecule has 2 atom stereocenters. The van der Waals surface area contributed by atoms with Crippen molar-refractivity contribution in [2.75, 3.05) is 6.61 Å². The largest absolute Gasteiger partial charge is 0.377 e. The molecule has 0 radical (unpaired) electrons. The van der Waals surface area contributed by atoms with Gasteiger partial charge in [0, 0.05) is 10.5 Å². The van der Waals surface area contributed by atoms with Crippen LogP contribution in [0.15, 0.2) is 0 Å². The Morgan fingerprint density at radius 2 is 2.33 bits per heavy atom. The molecule has 0 amide bonds. The third kappa shape index (κ3) is 3.60. The van der Waals surface area contributed by atoms with Crippen LogP contribution in [-0.4, -0.2) is 16.6 Å². The highest BCUT2D eigenvalue weighted by molar-refractivity contribution is 14.1. The number of alkyl halides is 1. The van der Waals surface area contributed by atoms with E-state index in [2.05, 4.69) is 29.5 Å². The van der Waals surface area contributed by atoms with E-state index in [0.29, 0.717) is 6.10 Å². The van der Waals surface area contributed by atoms with E-state index in [4.69, 9.17) is 4.74 Å². The second-order valence-corrected chi connectivity index (χ2v) is 5.16. The highest BCUT2D eigenvalue weighted by Crippen LogP contribution is 2.24. The molecule has 0 N–H and O–H groups in total. The lowest BCUT2D eigenvalue weighted by Gasteiger charge is -2.26. The lowest BCUT2D eigenvalue weighted by atomic mass is 10.0. The molecular weight excluding hydrogens is 263 g/mol. The molecule has 0 spiro atoms. The summed E-state index contributed by atoms with van der Waals surface area (Å²) < 4.78 is 6.48. The van der Waals surface area contributed by atoms with Gasteiger partial charge in [-0.25, -0.2) is 0 Å². The van der Waals surface area contributed by atoms with Crippen LogP contribution < -0.4 is 0 Å². The van der Waals surface area contributed by atoms with Crippen molar-refractivity contribution in [2.24, 2.45) is 0 Å². The van der Waals surface area contributed by atoms with Crippen LogP contribution in [0.2, 0.25) is 0 Å². The fraction of sp³-hybridized carbons (Fsp3) is 1.00. The van der Waals surface area contributed by atoms with Gasteiger partial charge in [-0.15, -0.1) is 0 Å². The molecule has 1 saturated heterocycles. The predicted molar refractivity (Wildman–Crippen MR) is 60.9 cm³/mol. The standard InChI is InChI=1S/C10H19IO/c1-2-3-6-9(11)10-7-4-5-8-12-10/h9-10H,2-8H2,1H3/t9-,10+/m0/s1. The quantitative estimate of drug-likeness (QED) is 0.566. The van der Waals surface area contributed by atoms with Crippen molar-refractivity contribution in [3.63, 3.8) is 0 Å². The molecule has 0 unspecified atom stereocenters. The summed E-state index contributed by atoms with van der Waals surface area (Å²) in [5.41, 5.74) is 0. The molecule has 1 rings (SSSR count).